The number of benzene rings is 2. The van der Waals surface area contributed by atoms with Gasteiger partial charge in [-0.05, 0) is 34.4 Å². The van der Waals surface area contributed by atoms with Crippen LogP contribution in [0, 0.1) is 0 Å². The van der Waals surface area contributed by atoms with E-state index in [-0.39, 0.29) is 5.91 Å². The number of rotatable bonds is 3. The molecule has 0 atom stereocenters. The molecule has 0 saturated heterocycles. The summed E-state index contributed by atoms with van der Waals surface area (Å²) < 4.78 is 0. The lowest BCUT2D eigenvalue weighted by atomic mass is 10.0. The first-order valence-electron chi connectivity index (χ1n) is 8.55. The Kier molecular flexibility index (Phi) is 4.06. The molecule has 3 aromatic rings. The van der Waals surface area contributed by atoms with E-state index in [1.165, 1.54) is 16.3 Å². The van der Waals surface area contributed by atoms with E-state index in [0.717, 1.165) is 24.1 Å². The molecule has 0 spiro atoms. The van der Waals surface area contributed by atoms with E-state index in [1.54, 1.807) is 0 Å². The smallest absolute Gasteiger partial charge is 0.223 e. The summed E-state index contributed by atoms with van der Waals surface area (Å²) in [5.74, 6) is 0.582. The monoisotopic (exact) mass is 332 g/mol. The van der Waals surface area contributed by atoms with E-state index < -0.39 is 0 Å². The third-order valence-corrected chi connectivity index (χ3v) is 4.75. The molecule has 126 valence electrons. The van der Waals surface area contributed by atoms with Crippen LogP contribution in [-0.4, -0.2) is 27.5 Å². The summed E-state index contributed by atoms with van der Waals surface area (Å²) in [6.07, 6.45) is 2.01. The van der Waals surface area contributed by atoms with E-state index in [4.69, 9.17) is 5.73 Å². The third-order valence-electron chi connectivity index (χ3n) is 4.75. The van der Waals surface area contributed by atoms with Crippen LogP contribution in [0.15, 0.2) is 48.5 Å². The second-order valence-electron chi connectivity index (χ2n) is 6.49. The molecule has 1 aliphatic heterocycles. The molecule has 25 heavy (non-hydrogen) atoms. The lowest BCUT2D eigenvalue weighted by molar-refractivity contribution is -0.132. The van der Waals surface area contributed by atoms with Crippen molar-refractivity contribution in [1.29, 1.82) is 0 Å². The van der Waals surface area contributed by atoms with Crippen LogP contribution < -0.4 is 5.73 Å². The summed E-state index contributed by atoms with van der Waals surface area (Å²) in [5, 5.41) is 10.5. The topological polar surface area (TPSA) is 72.1 Å². The van der Waals surface area contributed by atoms with Gasteiger partial charge in [0.15, 0.2) is 0 Å². The quantitative estimate of drug-likeness (QED) is 0.800. The number of aromatic nitrogens is 2. The summed E-state index contributed by atoms with van der Waals surface area (Å²) in [4.78, 5) is 14.5. The van der Waals surface area contributed by atoms with Gasteiger partial charge in [-0.15, -0.1) is 5.10 Å². The maximum atomic E-state index is 12.6. The summed E-state index contributed by atoms with van der Waals surface area (Å²) in [6, 6.07) is 16.5. The van der Waals surface area contributed by atoms with Crippen LogP contribution in [0.25, 0.3) is 10.8 Å². The Morgan fingerprint density at radius 3 is 2.80 bits per heavy atom. The molecule has 4 rings (SSSR count). The number of aryl methyl sites for hydroxylation is 1. The fourth-order valence-corrected chi connectivity index (χ4v) is 3.36. The van der Waals surface area contributed by atoms with Crippen LogP contribution in [-0.2, 0) is 24.2 Å². The number of carbonyl (C=O) groups excluding carboxylic acids is 1. The molecule has 0 fully saturated rings. The van der Waals surface area contributed by atoms with Gasteiger partial charge in [0.2, 0.25) is 5.91 Å². The van der Waals surface area contributed by atoms with Crippen molar-refractivity contribution in [3.8, 4) is 0 Å². The predicted octanol–water partition coefficient (Wildman–Crippen LogP) is 2.73. The Bertz CT molecular complexity index is 938. The highest BCUT2D eigenvalue weighted by molar-refractivity contribution is 5.83. The average Bonchev–Trinajstić information content (AvgIpc) is 2.65. The molecule has 1 amide bonds. The van der Waals surface area contributed by atoms with Crippen LogP contribution in [0.2, 0.25) is 0 Å². The maximum Gasteiger partial charge on any atom is 0.223 e. The first kappa shape index (κ1) is 15.6. The van der Waals surface area contributed by atoms with Gasteiger partial charge >= 0.3 is 0 Å². The van der Waals surface area contributed by atoms with Crippen molar-refractivity contribution in [3.05, 3.63) is 65.4 Å². The van der Waals surface area contributed by atoms with Crippen LogP contribution >= 0.6 is 0 Å². The Balaban J connectivity index is 1.42. The maximum absolute atomic E-state index is 12.6. The average molecular weight is 332 g/mol. The van der Waals surface area contributed by atoms with Crippen molar-refractivity contribution < 1.29 is 4.79 Å². The van der Waals surface area contributed by atoms with Gasteiger partial charge in [0, 0.05) is 25.9 Å². The van der Waals surface area contributed by atoms with Gasteiger partial charge in [0.1, 0.15) is 5.82 Å². The Morgan fingerprint density at radius 2 is 1.92 bits per heavy atom. The molecule has 1 aromatic heterocycles. The van der Waals surface area contributed by atoms with Crippen molar-refractivity contribution in [3.63, 3.8) is 0 Å². The van der Waals surface area contributed by atoms with Crippen molar-refractivity contribution in [2.75, 3.05) is 12.3 Å². The number of carbonyl (C=O) groups is 1. The van der Waals surface area contributed by atoms with Gasteiger partial charge in [-0.1, -0.05) is 42.5 Å². The predicted molar refractivity (Wildman–Crippen MR) is 97.8 cm³/mol. The van der Waals surface area contributed by atoms with Gasteiger partial charge in [-0.2, -0.15) is 5.10 Å². The second-order valence-corrected chi connectivity index (χ2v) is 6.49. The van der Waals surface area contributed by atoms with Crippen LogP contribution in [0.1, 0.15) is 23.2 Å². The number of nitrogen functional groups attached to an aromatic ring is 1. The molecule has 2 aromatic carbocycles. The Hall–Kier alpha value is -2.95. The Morgan fingerprint density at radius 1 is 1.08 bits per heavy atom. The number of nitrogens with zero attached hydrogens (tertiary/aromatic N) is 3. The minimum Gasteiger partial charge on any atom is -0.382 e. The zero-order chi connectivity index (χ0) is 17.2. The van der Waals surface area contributed by atoms with Gasteiger partial charge in [0.25, 0.3) is 0 Å². The number of nitrogens with two attached hydrogens (primary N) is 1. The number of anilines is 1. The standard InChI is InChI=1S/C20H20N4O/c21-19-12-17-13-24(10-9-18(17)22-23-19)20(25)8-6-14-5-7-15-3-1-2-4-16(15)11-14/h1-5,7,11-12H,6,8-10,13H2,(H2,21,23). The minimum absolute atomic E-state index is 0.175. The normalized spacial score (nSPS) is 13.7. The van der Waals surface area contributed by atoms with Crippen LogP contribution in [0.3, 0.4) is 0 Å². The molecule has 5 heteroatoms. The lowest BCUT2D eigenvalue weighted by Gasteiger charge is -2.28. The fraction of sp³-hybridized carbons (Fsp3) is 0.250. The van der Waals surface area contributed by atoms with Gasteiger partial charge in [-0.3, -0.25) is 4.79 Å². The summed E-state index contributed by atoms with van der Waals surface area (Å²) >= 11 is 0. The first-order chi connectivity index (χ1) is 12.2. The lowest BCUT2D eigenvalue weighted by Crippen LogP contribution is -2.36. The molecule has 1 aliphatic rings. The largest absolute Gasteiger partial charge is 0.382 e. The van der Waals surface area contributed by atoms with Crippen molar-refractivity contribution in [2.45, 2.75) is 25.8 Å². The summed E-state index contributed by atoms with van der Waals surface area (Å²) in [6.45, 7) is 1.27. The zero-order valence-electron chi connectivity index (χ0n) is 14.0. The van der Waals surface area contributed by atoms with Gasteiger partial charge in [-0.25, -0.2) is 0 Å². The first-order valence-corrected chi connectivity index (χ1v) is 8.55. The van der Waals surface area contributed by atoms with E-state index >= 15 is 0 Å². The molecule has 2 heterocycles. The third kappa shape index (κ3) is 3.31. The van der Waals surface area contributed by atoms with Gasteiger partial charge < -0.3 is 10.6 Å². The highest BCUT2D eigenvalue weighted by Crippen LogP contribution is 2.20. The van der Waals surface area contributed by atoms with E-state index in [1.807, 2.05) is 23.1 Å². The molecule has 5 nitrogen and oxygen atoms in total. The molecule has 0 unspecified atom stereocenters. The molecular weight excluding hydrogens is 312 g/mol. The van der Waals surface area contributed by atoms with Gasteiger partial charge in [0.05, 0.1) is 5.69 Å². The fourth-order valence-electron chi connectivity index (χ4n) is 3.36. The number of hydrogen-bond donors (Lipinski definition) is 1. The highest BCUT2D eigenvalue weighted by atomic mass is 16.2. The zero-order valence-corrected chi connectivity index (χ0v) is 14.0. The van der Waals surface area contributed by atoms with E-state index in [2.05, 4.69) is 40.5 Å². The molecular formula is C20H20N4O. The SMILES string of the molecule is Nc1cc2c(nn1)CCN(C(=O)CCc1ccc3ccccc3c1)C2. The molecule has 0 saturated carbocycles. The summed E-state index contributed by atoms with van der Waals surface area (Å²) in [7, 11) is 0. The second kappa shape index (κ2) is 6.51. The highest BCUT2D eigenvalue weighted by Gasteiger charge is 2.21. The van der Waals surface area contributed by atoms with E-state index in [9.17, 15) is 4.79 Å². The summed E-state index contributed by atoms with van der Waals surface area (Å²) in [5.41, 5.74) is 8.86. The molecule has 0 bridgehead atoms. The van der Waals surface area contributed by atoms with Crippen molar-refractivity contribution in [2.24, 2.45) is 0 Å². The minimum atomic E-state index is 0.175. The van der Waals surface area contributed by atoms with Crippen LogP contribution in [0.5, 0.6) is 0 Å². The van der Waals surface area contributed by atoms with Crippen LogP contribution in [0.4, 0.5) is 5.82 Å². The Labute approximate surface area is 146 Å². The van der Waals surface area contributed by atoms with E-state index in [0.29, 0.717) is 25.3 Å². The number of amides is 1. The molecule has 0 aliphatic carbocycles. The molecule has 2 N–H and O–H groups in total. The number of hydrogen-bond acceptors (Lipinski definition) is 4. The van der Waals surface area contributed by atoms with Crippen molar-refractivity contribution in [1.82, 2.24) is 15.1 Å². The molecule has 0 radical (unpaired) electrons. The number of fused-ring (bicyclic) bond motifs is 2. The van der Waals surface area contributed by atoms with Crippen molar-refractivity contribution >= 4 is 22.5 Å².